The third-order valence-electron chi connectivity index (χ3n) is 7.76. The molecule has 0 bridgehead atoms. The maximum Gasteiger partial charge on any atom is 0.317 e. The maximum atomic E-state index is 14.3. The second-order valence-electron chi connectivity index (χ2n) is 12.2. The molecule has 4 atom stereocenters. The normalized spacial score (nSPS) is 20.6. The van der Waals surface area contributed by atoms with E-state index in [2.05, 4.69) is 10.6 Å². The van der Waals surface area contributed by atoms with Gasteiger partial charge >= 0.3 is 6.03 Å². The van der Waals surface area contributed by atoms with Gasteiger partial charge in [-0.2, -0.15) is 0 Å². The number of likely N-dealkylation sites (N-methyl/N-ethyl adjacent to an activating group) is 1. The Bertz CT molecular complexity index is 1220. The van der Waals surface area contributed by atoms with Crippen molar-refractivity contribution < 1.29 is 29.0 Å². The number of amides is 4. The first-order chi connectivity index (χ1) is 21.0. The Morgan fingerprint density at radius 1 is 1.09 bits per heavy atom. The minimum absolute atomic E-state index is 0.00286. The molecule has 0 spiro atoms. The molecule has 0 saturated carbocycles. The van der Waals surface area contributed by atoms with Gasteiger partial charge in [-0.15, -0.1) is 0 Å². The molecule has 2 aromatic carbocycles. The number of nitrogens with zero attached hydrogens (tertiary/aromatic N) is 2. The van der Waals surface area contributed by atoms with Crippen LogP contribution in [-0.4, -0.2) is 90.4 Å². The van der Waals surface area contributed by atoms with Crippen LogP contribution in [0.25, 0.3) is 0 Å². The fourth-order valence-corrected chi connectivity index (χ4v) is 5.16. The van der Waals surface area contributed by atoms with E-state index in [9.17, 15) is 19.5 Å². The maximum absolute atomic E-state index is 14.3. The van der Waals surface area contributed by atoms with Gasteiger partial charge in [0.1, 0.15) is 5.75 Å². The van der Waals surface area contributed by atoms with Gasteiger partial charge in [0.05, 0.1) is 36.8 Å². The number of aliphatic hydroxyl groups excluding tert-OH is 1. The standard InChI is InChI=1S/C34H50N4O6/c1-23(2)35-34(42)37(6)21-31-24(3)20-38(25(4)22-39)33(41)29-19-28(36-32(40)18-27-13-8-7-9-14-27)15-16-30(29)44-26(5)12-10-11-17-43-31/h7-9,13-16,19,23-26,31,39H,10-12,17-18,20-22H2,1-6H3,(H,35,42)(H,36,40)/t24-,25-,26+,31-/m0/s1. The number of hydrogen-bond donors (Lipinski definition) is 3. The predicted octanol–water partition coefficient (Wildman–Crippen LogP) is 4.71. The molecule has 44 heavy (non-hydrogen) atoms. The van der Waals surface area contributed by atoms with Crippen LogP contribution in [0.4, 0.5) is 10.5 Å². The summed E-state index contributed by atoms with van der Waals surface area (Å²) in [5.41, 5.74) is 1.68. The lowest BCUT2D eigenvalue weighted by molar-refractivity contribution is -0.115. The molecule has 3 rings (SSSR count). The van der Waals surface area contributed by atoms with Crippen molar-refractivity contribution in [3.05, 3.63) is 59.7 Å². The van der Waals surface area contributed by atoms with Crippen molar-refractivity contribution in [3.8, 4) is 5.75 Å². The Balaban J connectivity index is 1.91. The van der Waals surface area contributed by atoms with Crippen molar-refractivity contribution in [2.45, 2.75) is 84.6 Å². The van der Waals surface area contributed by atoms with Gasteiger partial charge in [-0.05, 0) is 70.7 Å². The Morgan fingerprint density at radius 3 is 2.50 bits per heavy atom. The number of carbonyl (C=O) groups excluding carboxylic acids is 3. The van der Waals surface area contributed by atoms with Gasteiger partial charge in [0.15, 0.2) is 0 Å². The fourth-order valence-electron chi connectivity index (χ4n) is 5.16. The van der Waals surface area contributed by atoms with Gasteiger partial charge in [-0.1, -0.05) is 37.3 Å². The third-order valence-corrected chi connectivity index (χ3v) is 7.76. The van der Waals surface area contributed by atoms with Crippen molar-refractivity contribution in [3.63, 3.8) is 0 Å². The molecule has 0 aliphatic carbocycles. The van der Waals surface area contributed by atoms with E-state index in [1.54, 1.807) is 42.0 Å². The zero-order valence-electron chi connectivity index (χ0n) is 27.0. The Hall–Kier alpha value is -3.63. The average Bonchev–Trinajstić information content (AvgIpc) is 2.98. The van der Waals surface area contributed by atoms with Crippen LogP contribution in [-0.2, 0) is 16.0 Å². The van der Waals surface area contributed by atoms with Gasteiger partial charge in [-0.25, -0.2) is 4.79 Å². The van der Waals surface area contributed by atoms with Crippen LogP contribution in [0.1, 0.15) is 69.8 Å². The molecule has 4 amide bonds. The highest BCUT2D eigenvalue weighted by Crippen LogP contribution is 2.28. The molecule has 0 radical (unpaired) electrons. The zero-order valence-corrected chi connectivity index (χ0v) is 27.0. The van der Waals surface area contributed by atoms with E-state index in [1.807, 2.05) is 58.0 Å². The number of hydrogen-bond acceptors (Lipinski definition) is 6. The molecular formula is C34H50N4O6. The van der Waals surface area contributed by atoms with E-state index in [4.69, 9.17) is 9.47 Å². The highest BCUT2D eigenvalue weighted by molar-refractivity contribution is 6.00. The van der Waals surface area contributed by atoms with E-state index in [-0.39, 0.29) is 61.6 Å². The summed E-state index contributed by atoms with van der Waals surface area (Å²) in [5.74, 6) is -0.247. The first kappa shape index (κ1) is 34.9. The lowest BCUT2D eigenvalue weighted by atomic mass is 10.0. The van der Waals surface area contributed by atoms with Crippen LogP contribution < -0.4 is 15.4 Å². The van der Waals surface area contributed by atoms with Crippen LogP contribution in [0.3, 0.4) is 0 Å². The Labute approximate surface area is 262 Å². The predicted molar refractivity (Wildman–Crippen MR) is 172 cm³/mol. The smallest absolute Gasteiger partial charge is 0.317 e. The molecule has 10 heteroatoms. The molecule has 0 aromatic heterocycles. The molecule has 242 valence electrons. The monoisotopic (exact) mass is 610 g/mol. The van der Waals surface area contributed by atoms with Crippen LogP contribution in [0.5, 0.6) is 5.75 Å². The number of ether oxygens (including phenoxy) is 2. The van der Waals surface area contributed by atoms with Crippen molar-refractivity contribution in [2.75, 3.05) is 38.7 Å². The second kappa shape index (κ2) is 17.0. The molecule has 2 aromatic rings. The second-order valence-corrected chi connectivity index (χ2v) is 12.2. The lowest BCUT2D eigenvalue weighted by Gasteiger charge is -2.36. The summed E-state index contributed by atoms with van der Waals surface area (Å²) >= 11 is 0. The number of carbonyl (C=O) groups is 3. The minimum atomic E-state index is -0.498. The summed E-state index contributed by atoms with van der Waals surface area (Å²) in [6.07, 6.45) is 2.17. The number of aliphatic hydroxyl groups is 1. The van der Waals surface area contributed by atoms with E-state index in [0.717, 1.165) is 24.8 Å². The first-order valence-corrected chi connectivity index (χ1v) is 15.7. The van der Waals surface area contributed by atoms with Crippen LogP contribution in [0.15, 0.2) is 48.5 Å². The quantitative estimate of drug-likeness (QED) is 0.398. The first-order valence-electron chi connectivity index (χ1n) is 15.7. The topological polar surface area (TPSA) is 120 Å². The molecule has 3 N–H and O–H groups in total. The highest BCUT2D eigenvalue weighted by Gasteiger charge is 2.31. The largest absolute Gasteiger partial charge is 0.490 e. The molecule has 0 fully saturated rings. The van der Waals surface area contributed by atoms with Crippen molar-refractivity contribution >= 4 is 23.5 Å². The van der Waals surface area contributed by atoms with Gasteiger partial charge in [0, 0.05) is 44.4 Å². The van der Waals surface area contributed by atoms with Crippen LogP contribution >= 0.6 is 0 Å². The number of nitrogens with one attached hydrogen (secondary N) is 2. The number of anilines is 1. The number of benzene rings is 2. The zero-order chi connectivity index (χ0) is 32.2. The summed E-state index contributed by atoms with van der Waals surface area (Å²) in [5, 5.41) is 16.0. The summed E-state index contributed by atoms with van der Waals surface area (Å²) < 4.78 is 12.6. The van der Waals surface area contributed by atoms with E-state index >= 15 is 0 Å². The molecule has 0 unspecified atom stereocenters. The van der Waals surface area contributed by atoms with E-state index in [1.165, 1.54) is 0 Å². The van der Waals surface area contributed by atoms with E-state index in [0.29, 0.717) is 30.2 Å². The van der Waals surface area contributed by atoms with Crippen LogP contribution in [0.2, 0.25) is 0 Å². The molecular weight excluding hydrogens is 560 g/mol. The van der Waals surface area contributed by atoms with Crippen molar-refractivity contribution in [1.82, 2.24) is 15.1 Å². The molecule has 1 aliphatic heterocycles. The minimum Gasteiger partial charge on any atom is -0.490 e. The highest BCUT2D eigenvalue weighted by atomic mass is 16.5. The van der Waals surface area contributed by atoms with E-state index < -0.39 is 6.04 Å². The third kappa shape index (κ3) is 10.5. The summed E-state index contributed by atoms with van der Waals surface area (Å²) in [4.78, 5) is 43.0. The van der Waals surface area contributed by atoms with Gasteiger partial charge in [0.25, 0.3) is 5.91 Å². The number of rotatable bonds is 8. The molecule has 10 nitrogen and oxygen atoms in total. The molecule has 1 heterocycles. The molecule has 1 aliphatic rings. The SMILES string of the molecule is CC(C)NC(=O)N(C)C[C@@H]1OCCCC[C@@H](C)Oc2ccc(NC(=O)Cc3ccccc3)cc2C(=O)N([C@@H](C)CO)C[C@@H]1C. The number of urea groups is 1. The fraction of sp³-hybridized carbons (Fsp3) is 0.559. The van der Waals surface area contributed by atoms with Gasteiger partial charge in [0.2, 0.25) is 5.91 Å². The summed E-state index contributed by atoms with van der Waals surface area (Å²) in [6, 6.07) is 13.9. The molecule has 0 saturated heterocycles. The summed E-state index contributed by atoms with van der Waals surface area (Å²) in [7, 11) is 1.74. The lowest BCUT2D eigenvalue weighted by Crippen LogP contribution is -2.49. The van der Waals surface area contributed by atoms with Gasteiger partial charge < -0.3 is 35.0 Å². The van der Waals surface area contributed by atoms with Crippen molar-refractivity contribution in [2.24, 2.45) is 5.92 Å². The number of fused-ring (bicyclic) bond motifs is 1. The summed E-state index contributed by atoms with van der Waals surface area (Å²) in [6.45, 7) is 10.5. The average molecular weight is 611 g/mol. The van der Waals surface area contributed by atoms with Crippen molar-refractivity contribution in [1.29, 1.82) is 0 Å². The Kier molecular flexibility index (Phi) is 13.5. The van der Waals surface area contributed by atoms with Gasteiger partial charge in [-0.3, -0.25) is 9.59 Å². The Morgan fingerprint density at radius 2 is 1.82 bits per heavy atom. The van der Waals surface area contributed by atoms with Crippen LogP contribution in [0, 0.1) is 5.92 Å².